The quantitative estimate of drug-likeness (QED) is 0.118. The number of rotatable bonds is 7. The van der Waals surface area contributed by atoms with Crippen molar-refractivity contribution in [2.24, 2.45) is 0 Å². The summed E-state index contributed by atoms with van der Waals surface area (Å²) in [5, 5.41) is 1.54. The molecule has 0 saturated heterocycles. The molecule has 3 heterocycles. The van der Waals surface area contributed by atoms with Crippen LogP contribution in [-0.2, 0) is 16.2 Å². The van der Waals surface area contributed by atoms with Gasteiger partial charge in [0.15, 0.2) is 0 Å². The second-order valence-corrected chi connectivity index (χ2v) is 17.4. The van der Waals surface area contributed by atoms with Gasteiger partial charge in [-0.3, -0.25) is 13.7 Å². The normalized spacial score (nSPS) is 20.4. The molecule has 0 bridgehead atoms. The minimum atomic E-state index is -3.67. The lowest BCUT2D eigenvalue weighted by molar-refractivity contribution is -0.572. The molecule has 0 spiro atoms. The zero-order valence-electron chi connectivity index (χ0n) is 58.5. The maximum absolute atomic E-state index is 9.97. The number of fused-ring (bicyclic) bond motifs is 5. The maximum atomic E-state index is 9.97. The van der Waals surface area contributed by atoms with E-state index in [-0.39, 0.29) is 33.8 Å². The van der Waals surface area contributed by atoms with E-state index in [1.165, 1.54) is 18.3 Å². The Hall–Kier alpha value is -7.24. The summed E-state index contributed by atoms with van der Waals surface area (Å²) in [6, 6.07) is 27.4. The fourth-order valence-corrected chi connectivity index (χ4v) is 9.00. The van der Waals surface area contributed by atoms with Crippen LogP contribution in [0.4, 0.5) is 0 Å². The zero-order chi connectivity index (χ0) is 64.3. The van der Waals surface area contributed by atoms with Gasteiger partial charge >= 0.3 is 0 Å². The van der Waals surface area contributed by atoms with E-state index < -0.39 is 122 Å². The van der Waals surface area contributed by atoms with Crippen molar-refractivity contribution < 1.29 is 40.8 Å². The molecule has 0 unspecified atom stereocenters. The highest BCUT2D eigenvalue weighted by molar-refractivity contribution is 6.09. The van der Waals surface area contributed by atoms with E-state index >= 15 is 0 Å². The van der Waals surface area contributed by atoms with Gasteiger partial charge in [0.05, 0.1) is 44.4 Å². The van der Waals surface area contributed by atoms with Gasteiger partial charge in [0.2, 0.25) is 0 Å². The Morgan fingerprint density at radius 1 is 0.692 bits per heavy atom. The SMILES string of the molecule is [2H]c1c([2H])c([2H])c(-c2cnc(-n3c4ccccc4c4ccc(Oc5cccc(-n6[c-][n+](-c7c(-c8c([2H])c([2H])c9c(c8[2H])C(C([2H])([2H])[2H])(C([2H])([2H])[2H])CC9(C([2H])([2H])[2H])C([2H])([2H])[2H])cccc7C(C)(C)C)c7ccccc76)c5)cc43)cc2C([2H])([2H])[2H])c([2H])c1[2H]. The zero-order valence-corrected chi connectivity index (χ0v) is 35.5. The monoisotopic (exact) mass is 870 g/mol. The number of nitrogens with zero attached hydrogens (tertiary/aromatic N) is 4. The molecule has 1 aliphatic rings. The second-order valence-electron chi connectivity index (χ2n) is 17.4. The number of hydrogen-bond donors (Lipinski definition) is 0. The minimum absolute atomic E-state index is 0.0350. The van der Waals surface area contributed by atoms with Crippen molar-refractivity contribution in [3.05, 3.63) is 198 Å². The van der Waals surface area contributed by atoms with Crippen LogP contribution in [0.5, 0.6) is 11.5 Å². The second kappa shape index (κ2) is 14.9. The lowest BCUT2D eigenvalue weighted by atomic mass is 9.81. The van der Waals surface area contributed by atoms with Crippen molar-refractivity contribution in [3.63, 3.8) is 0 Å². The molecular formula is C60H54N4O. The Kier molecular flexibility index (Phi) is 5.19. The molecule has 1 aliphatic carbocycles. The molecule has 0 atom stereocenters. The van der Waals surface area contributed by atoms with Crippen molar-refractivity contribution in [1.82, 2.24) is 14.1 Å². The average molecular weight is 870 g/mol. The van der Waals surface area contributed by atoms with Crippen LogP contribution in [0.15, 0.2) is 170 Å². The first kappa shape index (κ1) is 22.6. The molecule has 11 rings (SSSR count). The summed E-state index contributed by atoms with van der Waals surface area (Å²) in [4.78, 5) is 4.68. The number of para-hydroxylation sites is 4. The fourth-order valence-electron chi connectivity index (χ4n) is 9.00. The molecule has 0 N–H and O–H groups in total. The molecule has 320 valence electrons. The van der Waals surface area contributed by atoms with Crippen molar-refractivity contribution >= 4 is 32.8 Å². The Balaban J connectivity index is 1.07. The molecule has 0 radical (unpaired) electrons. The first-order valence-corrected chi connectivity index (χ1v) is 20.9. The van der Waals surface area contributed by atoms with Crippen molar-refractivity contribution in [1.29, 1.82) is 0 Å². The Bertz CT molecular complexity index is 4480. The van der Waals surface area contributed by atoms with Gasteiger partial charge in [-0.25, -0.2) is 4.98 Å². The molecule has 7 aromatic carbocycles. The van der Waals surface area contributed by atoms with E-state index in [1.54, 1.807) is 80.4 Å². The largest absolute Gasteiger partial charge is 0.458 e. The fraction of sp³-hybridized carbons (Fsp3) is 0.200. The third-order valence-electron chi connectivity index (χ3n) is 11.9. The first-order chi connectivity index (χ1) is 40.8. The smallest absolute Gasteiger partial charge is 0.269 e. The molecular weight excluding hydrogens is 793 g/mol. The molecule has 65 heavy (non-hydrogen) atoms. The number of hydrogen-bond acceptors (Lipinski definition) is 2. The van der Waals surface area contributed by atoms with Gasteiger partial charge in [-0.2, -0.15) is 0 Å². The molecule has 0 amide bonds. The van der Waals surface area contributed by atoms with E-state index in [2.05, 4.69) is 11.3 Å². The summed E-state index contributed by atoms with van der Waals surface area (Å²) >= 11 is 0. The summed E-state index contributed by atoms with van der Waals surface area (Å²) in [6.45, 7) is -11.8. The minimum Gasteiger partial charge on any atom is -0.458 e. The Morgan fingerprint density at radius 3 is 2.26 bits per heavy atom. The molecule has 0 saturated carbocycles. The van der Waals surface area contributed by atoms with Crippen molar-refractivity contribution in [2.75, 3.05) is 0 Å². The van der Waals surface area contributed by atoms with Crippen molar-refractivity contribution in [2.45, 2.75) is 77.7 Å². The number of benzene rings is 7. The van der Waals surface area contributed by atoms with Crippen molar-refractivity contribution in [3.8, 4) is 50.9 Å². The summed E-state index contributed by atoms with van der Waals surface area (Å²) < 4.78 is 214. The summed E-state index contributed by atoms with van der Waals surface area (Å²) in [7, 11) is 0. The number of aryl methyl sites for hydroxylation is 1. The van der Waals surface area contributed by atoms with Crippen LogP contribution < -0.4 is 9.30 Å². The lowest BCUT2D eigenvalue weighted by Gasteiger charge is -2.26. The predicted octanol–water partition coefficient (Wildman–Crippen LogP) is 14.9. The van der Waals surface area contributed by atoms with Crippen LogP contribution in [0.3, 0.4) is 0 Å². The van der Waals surface area contributed by atoms with Crippen LogP contribution in [0.1, 0.15) is 108 Å². The van der Waals surface area contributed by atoms with Crippen LogP contribution in [-0.4, -0.2) is 14.1 Å². The lowest BCUT2D eigenvalue weighted by Crippen LogP contribution is -2.34. The Morgan fingerprint density at radius 2 is 1.45 bits per heavy atom. The van der Waals surface area contributed by atoms with Gasteiger partial charge in [0.25, 0.3) is 6.33 Å². The molecule has 5 heteroatoms. The number of imidazole rings is 1. The molecule has 0 fully saturated rings. The van der Waals surface area contributed by atoms with Crippen LogP contribution in [0.25, 0.3) is 72.3 Å². The highest BCUT2D eigenvalue weighted by Crippen LogP contribution is 2.50. The van der Waals surface area contributed by atoms with E-state index in [9.17, 15) is 4.11 Å². The standard InChI is InChI=1S/C60H54N4O/c1-39-32-56(61-36-48(39)40-18-10-9-11-19-40)64-52-25-13-12-22-46(52)47-30-29-44(35-55(47)64)65-43-21-16-20-42(34-43)62-38-63(54-27-15-14-26-53(54)62)57-45(23-17-24-50(57)58(2,3)4)41-28-31-49-51(33-41)60(7,8)37-59(49,5)6/h9-36H,37H2,1-8H3/i1D3,5D3,6D3,7D3,8D3,9D,10D,11D,18D,19D,28D,31D,33D. The predicted molar refractivity (Wildman–Crippen MR) is 267 cm³/mol. The maximum Gasteiger partial charge on any atom is 0.269 e. The number of aromatic nitrogens is 4. The third-order valence-corrected chi connectivity index (χ3v) is 11.9. The average Bonchev–Trinajstić information content (AvgIpc) is 1.48. The van der Waals surface area contributed by atoms with Gasteiger partial charge in [0, 0.05) is 49.2 Å². The summed E-state index contributed by atoms with van der Waals surface area (Å²) in [5.74, 6) is 0.844. The van der Waals surface area contributed by atoms with Gasteiger partial charge in [-0.05, 0) is 111 Å². The molecule has 3 aromatic heterocycles. The molecule has 5 nitrogen and oxygen atoms in total. The highest BCUT2D eigenvalue weighted by Gasteiger charge is 2.42. The van der Waals surface area contributed by atoms with Crippen LogP contribution in [0, 0.1) is 13.2 Å². The number of pyridine rings is 1. The molecule has 10 aromatic rings. The number of ether oxygens (including phenoxy) is 1. The van der Waals surface area contributed by atoms with Crippen LogP contribution in [0.2, 0.25) is 0 Å². The van der Waals surface area contributed by atoms with Gasteiger partial charge < -0.3 is 4.74 Å². The first-order valence-electron chi connectivity index (χ1n) is 32.4. The highest BCUT2D eigenvalue weighted by atomic mass is 16.5. The van der Waals surface area contributed by atoms with E-state index in [0.717, 1.165) is 10.8 Å². The van der Waals surface area contributed by atoms with E-state index in [1.807, 2.05) is 57.2 Å². The molecule has 0 aliphatic heterocycles. The van der Waals surface area contributed by atoms with E-state index in [4.69, 9.17) is 32.2 Å². The van der Waals surface area contributed by atoms with Gasteiger partial charge in [0.1, 0.15) is 17.3 Å². The summed E-state index contributed by atoms with van der Waals surface area (Å²) in [6.07, 6.45) is 3.13. The van der Waals surface area contributed by atoms with E-state index in [0.29, 0.717) is 44.8 Å². The van der Waals surface area contributed by atoms with Crippen LogP contribution >= 0.6 is 0 Å². The van der Waals surface area contributed by atoms with Gasteiger partial charge in [-0.1, -0.05) is 163 Å². The Labute approximate surface area is 414 Å². The third kappa shape index (κ3) is 6.84. The topological polar surface area (TPSA) is 35.9 Å². The summed E-state index contributed by atoms with van der Waals surface area (Å²) in [5.41, 5.74) is -6.82. The van der Waals surface area contributed by atoms with Gasteiger partial charge in [-0.15, -0.1) is 0 Å².